The van der Waals surface area contributed by atoms with Gasteiger partial charge < -0.3 is 5.32 Å². The van der Waals surface area contributed by atoms with Crippen LogP contribution in [0.4, 0.5) is 10.1 Å². The lowest BCUT2D eigenvalue weighted by molar-refractivity contribution is 0.155. The van der Waals surface area contributed by atoms with E-state index in [1.54, 1.807) is 12.1 Å². The molecule has 0 saturated heterocycles. The molecule has 0 spiro atoms. The number of benzene rings is 1. The van der Waals surface area contributed by atoms with Gasteiger partial charge >= 0.3 is 0 Å². The Morgan fingerprint density at radius 3 is 2.58 bits per heavy atom. The lowest BCUT2D eigenvalue weighted by atomic mass is 9.68. The van der Waals surface area contributed by atoms with E-state index >= 15 is 0 Å². The number of hydrogen-bond donors (Lipinski definition) is 1. The molecule has 1 N–H and O–H groups in total. The van der Waals surface area contributed by atoms with Gasteiger partial charge in [0.05, 0.1) is 5.69 Å². The molecule has 2 aliphatic rings. The summed E-state index contributed by atoms with van der Waals surface area (Å²) in [4.78, 5) is 0. The van der Waals surface area contributed by atoms with Crippen LogP contribution in [0, 0.1) is 29.5 Å². The molecule has 2 heteroatoms. The maximum absolute atomic E-state index is 14.1. The quantitative estimate of drug-likeness (QED) is 0.809. The van der Waals surface area contributed by atoms with Crippen LogP contribution in [0.15, 0.2) is 18.2 Å². The Kier molecular flexibility index (Phi) is 2.71. The highest BCUT2D eigenvalue weighted by Crippen LogP contribution is 2.63. The first-order valence-corrected chi connectivity index (χ1v) is 7.36. The maximum Gasteiger partial charge on any atom is 0.146 e. The second-order valence-corrected chi connectivity index (χ2v) is 7.42. The molecule has 0 amide bonds. The Morgan fingerprint density at radius 2 is 2.00 bits per heavy atom. The molecule has 0 aliphatic heterocycles. The van der Waals surface area contributed by atoms with Gasteiger partial charge in [0, 0.05) is 6.04 Å². The summed E-state index contributed by atoms with van der Waals surface area (Å²) in [5.74, 6) is 0.657. The average Bonchev–Trinajstić information content (AvgIpc) is 2.78. The first-order chi connectivity index (χ1) is 8.84. The van der Waals surface area contributed by atoms with E-state index in [0.29, 0.717) is 17.1 Å². The van der Waals surface area contributed by atoms with Crippen molar-refractivity contribution >= 4 is 5.69 Å². The van der Waals surface area contributed by atoms with Crippen LogP contribution in [0.5, 0.6) is 0 Å². The third-order valence-corrected chi connectivity index (χ3v) is 5.78. The zero-order valence-electron chi connectivity index (χ0n) is 12.4. The minimum absolute atomic E-state index is 0.123. The average molecular weight is 261 g/mol. The van der Waals surface area contributed by atoms with Crippen LogP contribution in [-0.2, 0) is 0 Å². The van der Waals surface area contributed by atoms with Crippen molar-refractivity contribution in [1.82, 2.24) is 0 Å². The lowest BCUT2D eigenvalue weighted by Gasteiger charge is -2.44. The molecule has 104 valence electrons. The van der Waals surface area contributed by atoms with Gasteiger partial charge in [-0.3, -0.25) is 0 Å². The van der Waals surface area contributed by atoms with E-state index in [1.807, 2.05) is 13.0 Å². The number of rotatable bonds is 2. The predicted octanol–water partition coefficient (Wildman–Crippen LogP) is 4.76. The molecule has 2 fully saturated rings. The zero-order chi connectivity index (χ0) is 13.8. The zero-order valence-corrected chi connectivity index (χ0v) is 12.4. The van der Waals surface area contributed by atoms with Gasteiger partial charge in [0.25, 0.3) is 0 Å². The molecule has 3 rings (SSSR count). The van der Waals surface area contributed by atoms with Crippen molar-refractivity contribution in [1.29, 1.82) is 0 Å². The van der Waals surface area contributed by atoms with Crippen molar-refractivity contribution in [2.24, 2.45) is 16.7 Å². The Hall–Kier alpha value is -1.05. The van der Waals surface area contributed by atoms with E-state index in [9.17, 15) is 4.39 Å². The van der Waals surface area contributed by atoms with Gasteiger partial charge in [-0.1, -0.05) is 32.9 Å². The fourth-order valence-corrected chi connectivity index (χ4v) is 4.62. The summed E-state index contributed by atoms with van der Waals surface area (Å²) in [5, 5.41) is 3.56. The molecule has 1 aromatic carbocycles. The Morgan fingerprint density at radius 1 is 1.26 bits per heavy atom. The van der Waals surface area contributed by atoms with Crippen molar-refractivity contribution < 1.29 is 4.39 Å². The number of halogens is 1. The maximum atomic E-state index is 14.1. The van der Waals surface area contributed by atoms with Crippen LogP contribution < -0.4 is 5.32 Å². The van der Waals surface area contributed by atoms with E-state index in [-0.39, 0.29) is 11.2 Å². The Labute approximate surface area is 115 Å². The van der Waals surface area contributed by atoms with Gasteiger partial charge in [0.15, 0.2) is 0 Å². The van der Waals surface area contributed by atoms with Gasteiger partial charge in [-0.25, -0.2) is 4.39 Å². The molecule has 3 atom stereocenters. The van der Waals surface area contributed by atoms with Crippen LogP contribution in [-0.4, -0.2) is 6.04 Å². The Balaban J connectivity index is 1.95. The Bertz CT molecular complexity index is 483. The molecule has 0 heterocycles. The second-order valence-electron chi connectivity index (χ2n) is 7.42. The highest BCUT2D eigenvalue weighted by atomic mass is 19.1. The molecule has 0 radical (unpaired) electrons. The summed E-state index contributed by atoms with van der Waals surface area (Å²) >= 11 is 0. The van der Waals surface area contributed by atoms with E-state index in [1.165, 1.54) is 19.3 Å². The van der Waals surface area contributed by atoms with Crippen molar-refractivity contribution in [3.8, 4) is 0 Å². The molecule has 2 bridgehead atoms. The minimum atomic E-state index is -0.123. The molecular weight excluding hydrogens is 237 g/mol. The van der Waals surface area contributed by atoms with Crippen LogP contribution >= 0.6 is 0 Å². The normalized spacial score (nSPS) is 35.6. The first kappa shape index (κ1) is 13.0. The van der Waals surface area contributed by atoms with Crippen LogP contribution in [0.3, 0.4) is 0 Å². The van der Waals surface area contributed by atoms with Crippen LogP contribution in [0.2, 0.25) is 0 Å². The molecule has 19 heavy (non-hydrogen) atoms. The SMILES string of the molecule is Cc1cccc(F)c1NC1C2(C)CCC(C2)C1(C)C. The van der Waals surface area contributed by atoms with Crippen LogP contribution in [0.1, 0.15) is 45.6 Å². The number of nitrogens with one attached hydrogen (secondary N) is 1. The first-order valence-electron chi connectivity index (χ1n) is 7.36. The molecular formula is C17H24FN. The summed E-state index contributed by atoms with van der Waals surface area (Å²) in [7, 11) is 0. The predicted molar refractivity (Wildman–Crippen MR) is 77.8 cm³/mol. The van der Waals surface area contributed by atoms with Crippen molar-refractivity contribution in [3.05, 3.63) is 29.6 Å². The topological polar surface area (TPSA) is 12.0 Å². The van der Waals surface area contributed by atoms with E-state index in [4.69, 9.17) is 0 Å². The van der Waals surface area contributed by atoms with Gasteiger partial charge in [0.1, 0.15) is 5.82 Å². The third-order valence-electron chi connectivity index (χ3n) is 5.78. The number of aryl methyl sites for hydroxylation is 1. The number of anilines is 1. The molecule has 1 nitrogen and oxygen atoms in total. The highest BCUT2D eigenvalue weighted by molar-refractivity contribution is 5.53. The highest BCUT2D eigenvalue weighted by Gasteiger charge is 2.59. The fourth-order valence-electron chi connectivity index (χ4n) is 4.62. The summed E-state index contributed by atoms with van der Waals surface area (Å²) in [6.45, 7) is 9.04. The monoisotopic (exact) mass is 261 g/mol. The van der Waals surface area contributed by atoms with Gasteiger partial charge in [-0.15, -0.1) is 0 Å². The largest absolute Gasteiger partial charge is 0.379 e. The number of hydrogen-bond acceptors (Lipinski definition) is 1. The smallest absolute Gasteiger partial charge is 0.146 e. The van der Waals surface area contributed by atoms with Crippen LogP contribution in [0.25, 0.3) is 0 Å². The van der Waals surface area contributed by atoms with Gasteiger partial charge in [-0.2, -0.15) is 0 Å². The summed E-state index contributed by atoms with van der Waals surface area (Å²) in [6.07, 6.45) is 3.88. The minimum Gasteiger partial charge on any atom is -0.379 e. The van der Waals surface area contributed by atoms with Crippen molar-refractivity contribution in [2.45, 2.75) is 53.0 Å². The molecule has 2 aliphatic carbocycles. The standard InChI is InChI=1S/C17H24FN/c1-11-6-5-7-13(18)14(11)19-15-16(2,3)12-8-9-17(15,4)10-12/h5-7,12,15,19H,8-10H2,1-4H3. The second kappa shape index (κ2) is 3.97. The molecule has 3 unspecified atom stereocenters. The summed E-state index contributed by atoms with van der Waals surface area (Å²) < 4.78 is 14.1. The van der Waals surface area contributed by atoms with Gasteiger partial charge in [0.2, 0.25) is 0 Å². The van der Waals surface area contributed by atoms with Crippen molar-refractivity contribution in [3.63, 3.8) is 0 Å². The van der Waals surface area contributed by atoms with Crippen molar-refractivity contribution in [2.75, 3.05) is 5.32 Å². The molecule has 2 saturated carbocycles. The van der Waals surface area contributed by atoms with E-state index in [0.717, 1.165) is 11.5 Å². The number of fused-ring (bicyclic) bond motifs is 2. The molecule has 0 aromatic heterocycles. The summed E-state index contributed by atoms with van der Waals surface area (Å²) in [6, 6.07) is 5.68. The summed E-state index contributed by atoms with van der Waals surface area (Å²) in [5.41, 5.74) is 2.28. The van der Waals surface area contributed by atoms with Gasteiger partial charge in [-0.05, 0) is 54.6 Å². The molecule has 1 aromatic rings. The van der Waals surface area contributed by atoms with E-state index < -0.39 is 0 Å². The fraction of sp³-hybridized carbons (Fsp3) is 0.647. The third kappa shape index (κ3) is 1.79. The van der Waals surface area contributed by atoms with E-state index in [2.05, 4.69) is 26.1 Å². The number of para-hydroxylation sites is 1. The lowest BCUT2D eigenvalue weighted by Crippen LogP contribution is -2.46.